The smallest absolute Gasteiger partial charge is 0.261 e. The van der Waals surface area contributed by atoms with Gasteiger partial charge < -0.3 is 4.74 Å². The van der Waals surface area contributed by atoms with E-state index >= 15 is 0 Å². The first kappa shape index (κ1) is 14.8. The average molecular weight is 331 g/mol. The van der Waals surface area contributed by atoms with Crippen LogP contribution in [-0.4, -0.2) is 21.6 Å². The molecule has 122 valence electrons. The maximum absolute atomic E-state index is 13.3. The van der Waals surface area contributed by atoms with Crippen LogP contribution >= 0.6 is 0 Å². The van der Waals surface area contributed by atoms with Gasteiger partial charge in [0.1, 0.15) is 0 Å². The van der Waals surface area contributed by atoms with E-state index in [2.05, 4.69) is 13.8 Å². The first-order valence-electron chi connectivity index (χ1n) is 7.94. The number of allylic oxidation sites excluding steroid dienone is 3. The number of fused-ring (bicyclic) bond motifs is 4. The predicted molar refractivity (Wildman–Crippen MR) is 90.4 cm³/mol. The Balaban J connectivity index is 1.92. The van der Waals surface area contributed by atoms with Gasteiger partial charge in [-0.05, 0) is 29.5 Å². The molecule has 1 aromatic rings. The molecule has 1 fully saturated rings. The number of hydrogen-bond acceptors (Lipinski definition) is 3. The molecule has 1 aromatic carbocycles. The molecule has 1 saturated heterocycles. The summed E-state index contributed by atoms with van der Waals surface area (Å²) in [5, 5.41) is 0. The molecule has 4 rings (SSSR count). The van der Waals surface area contributed by atoms with Gasteiger partial charge in [0.05, 0.1) is 29.5 Å². The third kappa shape index (κ3) is 1.86. The summed E-state index contributed by atoms with van der Waals surface area (Å²) in [6.45, 7) is 4.33. The highest BCUT2D eigenvalue weighted by Gasteiger charge is 2.56. The van der Waals surface area contributed by atoms with E-state index in [1.807, 2.05) is 36.4 Å². The highest BCUT2D eigenvalue weighted by atomic mass is 32.2. The van der Waals surface area contributed by atoms with Crippen LogP contribution < -0.4 is 4.31 Å². The number of rotatable bonds is 1. The zero-order valence-corrected chi connectivity index (χ0v) is 14.4. The van der Waals surface area contributed by atoms with E-state index in [1.54, 1.807) is 11.4 Å². The Morgan fingerprint density at radius 2 is 2.00 bits per heavy atom. The Hall–Kier alpha value is -1.75. The van der Waals surface area contributed by atoms with Gasteiger partial charge >= 0.3 is 0 Å². The number of benzene rings is 1. The van der Waals surface area contributed by atoms with Crippen molar-refractivity contribution in [1.82, 2.24) is 0 Å². The number of hydrogen-bond donors (Lipinski definition) is 0. The minimum Gasteiger partial charge on any atom is -0.501 e. The van der Waals surface area contributed by atoms with Gasteiger partial charge in [0.25, 0.3) is 10.0 Å². The lowest BCUT2D eigenvalue weighted by atomic mass is 9.70. The SMILES string of the molecule is COC1=C[C@@H]2C(=CC1)S(=O)(=O)N1c3ccccc3C[C@@H]1C2(C)C. The molecule has 0 N–H and O–H groups in total. The third-order valence-electron chi connectivity index (χ3n) is 5.57. The van der Waals surface area contributed by atoms with E-state index in [0.717, 1.165) is 23.4 Å². The van der Waals surface area contributed by atoms with Crippen molar-refractivity contribution in [3.63, 3.8) is 0 Å². The molecular formula is C18H21NO3S. The number of nitrogens with zero attached hydrogens (tertiary/aromatic N) is 1. The Morgan fingerprint density at radius 3 is 2.74 bits per heavy atom. The second kappa shape index (κ2) is 4.63. The highest BCUT2D eigenvalue weighted by Crippen LogP contribution is 2.54. The van der Waals surface area contributed by atoms with Crippen LogP contribution in [0.3, 0.4) is 0 Å². The molecule has 0 aromatic heterocycles. The fraction of sp³-hybridized carbons (Fsp3) is 0.444. The molecule has 0 amide bonds. The molecule has 4 nitrogen and oxygen atoms in total. The lowest BCUT2D eigenvalue weighted by Gasteiger charge is -2.49. The number of para-hydroxylation sites is 1. The van der Waals surface area contributed by atoms with Crippen molar-refractivity contribution in [2.24, 2.45) is 11.3 Å². The van der Waals surface area contributed by atoms with E-state index in [4.69, 9.17) is 4.74 Å². The summed E-state index contributed by atoms with van der Waals surface area (Å²) in [5.74, 6) is 0.720. The molecule has 0 unspecified atom stereocenters. The molecular weight excluding hydrogens is 310 g/mol. The Bertz CT molecular complexity index is 836. The number of anilines is 1. The fourth-order valence-electron chi connectivity index (χ4n) is 4.20. The first-order valence-corrected chi connectivity index (χ1v) is 9.38. The Morgan fingerprint density at radius 1 is 1.26 bits per heavy atom. The van der Waals surface area contributed by atoms with Crippen LogP contribution in [0.5, 0.6) is 0 Å². The van der Waals surface area contributed by atoms with Gasteiger partial charge in [0.2, 0.25) is 0 Å². The van der Waals surface area contributed by atoms with Gasteiger partial charge in [-0.1, -0.05) is 38.1 Å². The van der Waals surface area contributed by atoms with Crippen molar-refractivity contribution in [3.05, 3.63) is 52.6 Å². The van der Waals surface area contributed by atoms with Crippen LogP contribution in [0.25, 0.3) is 0 Å². The molecule has 0 spiro atoms. The Labute approximate surface area is 137 Å². The second-order valence-electron chi connectivity index (χ2n) is 7.10. The second-order valence-corrected chi connectivity index (χ2v) is 8.91. The third-order valence-corrected chi connectivity index (χ3v) is 7.55. The first-order chi connectivity index (χ1) is 10.9. The van der Waals surface area contributed by atoms with E-state index in [0.29, 0.717) is 11.3 Å². The quantitative estimate of drug-likeness (QED) is 0.794. The van der Waals surface area contributed by atoms with E-state index in [9.17, 15) is 8.42 Å². The summed E-state index contributed by atoms with van der Waals surface area (Å²) in [7, 11) is -1.84. The molecule has 23 heavy (non-hydrogen) atoms. The van der Waals surface area contributed by atoms with E-state index < -0.39 is 10.0 Å². The minimum atomic E-state index is -3.48. The number of sulfonamides is 1. The molecule has 3 aliphatic rings. The monoisotopic (exact) mass is 331 g/mol. The molecule has 5 heteroatoms. The normalized spacial score (nSPS) is 29.8. The average Bonchev–Trinajstić information content (AvgIpc) is 2.94. The summed E-state index contributed by atoms with van der Waals surface area (Å²) >= 11 is 0. The van der Waals surface area contributed by atoms with Gasteiger partial charge in [0, 0.05) is 12.3 Å². The largest absolute Gasteiger partial charge is 0.501 e. The molecule has 1 aliphatic carbocycles. The molecule has 2 aliphatic heterocycles. The van der Waals surface area contributed by atoms with Crippen molar-refractivity contribution < 1.29 is 13.2 Å². The summed E-state index contributed by atoms with van der Waals surface area (Å²) in [4.78, 5) is 0.524. The van der Waals surface area contributed by atoms with Crippen molar-refractivity contribution >= 4 is 15.7 Å². The van der Waals surface area contributed by atoms with E-state index in [-0.39, 0.29) is 17.4 Å². The summed E-state index contributed by atoms with van der Waals surface area (Å²) < 4.78 is 33.6. The van der Waals surface area contributed by atoms with Crippen LogP contribution in [0.2, 0.25) is 0 Å². The van der Waals surface area contributed by atoms with Gasteiger partial charge in [-0.15, -0.1) is 0 Å². The van der Waals surface area contributed by atoms with Gasteiger partial charge in [0.15, 0.2) is 0 Å². The fourth-order valence-corrected chi connectivity index (χ4v) is 6.54. The topological polar surface area (TPSA) is 46.6 Å². The maximum Gasteiger partial charge on any atom is 0.261 e. The van der Waals surface area contributed by atoms with Crippen molar-refractivity contribution in [2.45, 2.75) is 32.7 Å². The highest BCUT2D eigenvalue weighted by molar-refractivity contribution is 7.96. The zero-order valence-electron chi connectivity index (χ0n) is 13.6. The van der Waals surface area contributed by atoms with Crippen LogP contribution in [0.4, 0.5) is 5.69 Å². The zero-order chi connectivity index (χ0) is 16.4. The Kier molecular flexibility index (Phi) is 2.98. The predicted octanol–water partition coefficient (Wildman–Crippen LogP) is 3.22. The summed E-state index contributed by atoms with van der Waals surface area (Å²) in [5.41, 5.74) is 1.76. The van der Waals surface area contributed by atoms with Crippen molar-refractivity contribution in [1.29, 1.82) is 0 Å². The lowest BCUT2D eigenvalue weighted by molar-refractivity contribution is 0.213. The molecule has 0 radical (unpaired) electrons. The standard InChI is InChI=1S/C18H21NO3S/c1-18(2)14-11-13(22-3)8-9-16(14)23(20,21)19-15-7-5-4-6-12(15)10-17(18)19/h4-7,9,11,14,17H,8,10H2,1-3H3/t14-,17-/m1/s1. The number of ether oxygens (including phenoxy) is 1. The van der Waals surface area contributed by atoms with Gasteiger partial charge in [-0.3, -0.25) is 4.31 Å². The maximum atomic E-state index is 13.3. The lowest BCUT2D eigenvalue weighted by Crippen LogP contribution is -2.56. The summed E-state index contributed by atoms with van der Waals surface area (Å²) in [6, 6.07) is 7.79. The molecule has 0 bridgehead atoms. The van der Waals surface area contributed by atoms with Gasteiger partial charge in [-0.25, -0.2) is 8.42 Å². The van der Waals surface area contributed by atoms with Crippen LogP contribution in [0.15, 0.2) is 47.1 Å². The minimum absolute atomic E-state index is 0.0560. The molecule has 0 saturated carbocycles. The van der Waals surface area contributed by atoms with Crippen molar-refractivity contribution in [3.8, 4) is 0 Å². The van der Waals surface area contributed by atoms with E-state index in [1.165, 1.54) is 0 Å². The van der Waals surface area contributed by atoms with Crippen LogP contribution in [0.1, 0.15) is 25.8 Å². The van der Waals surface area contributed by atoms with Crippen molar-refractivity contribution in [2.75, 3.05) is 11.4 Å². The molecule has 2 heterocycles. The van der Waals surface area contributed by atoms with Gasteiger partial charge in [-0.2, -0.15) is 0 Å². The number of methoxy groups -OCH3 is 1. The van der Waals surface area contributed by atoms with Crippen LogP contribution in [-0.2, 0) is 21.2 Å². The van der Waals surface area contributed by atoms with Crippen LogP contribution in [0, 0.1) is 11.3 Å². The molecule has 2 atom stereocenters. The summed E-state index contributed by atoms with van der Waals surface area (Å²) in [6.07, 6.45) is 5.14.